The van der Waals surface area contributed by atoms with Gasteiger partial charge in [0.15, 0.2) is 6.29 Å². The molecule has 1 aliphatic heterocycles. The van der Waals surface area contributed by atoms with E-state index in [4.69, 9.17) is 9.47 Å². The Hall–Kier alpha value is -1.33. The molecule has 1 amide bonds. The maximum absolute atomic E-state index is 13.0. The Kier molecular flexibility index (Phi) is 36.6. The van der Waals surface area contributed by atoms with Crippen LogP contribution in [-0.2, 0) is 14.3 Å². The highest BCUT2D eigenvalue weighted by Gasteiger charge is 2.44. The van der Waals surface area contributed by atoms with Crippen molar-refractivity contribution in [2.75, 3.05) is 13.2 Å². The summed E-state index contributed by atoms with van der Waals surface area (Å²) in [4.78, 5) is 13.0. The van der Waals surface area contributed by atoms with Gasteiger partial charge in [-0.25, -0.2) is 0 Å². The van der Waals surface area contributed by atoms with E-state index in [9.17, 15) is 30.3 Å². The number of nitrogens with one attached hydrogen (secondary N) is 1. The summed E-state index contributed by atoms with van der Waals surface area (Å²) < 4.78 is 11.2. The van der Waals surface area contributed by atoms with Crippen molar-refractivity contribution in [1.29, 1.82) is 0 Å². The molecule has 9 nitrogen and oxygen atoms in total. The van der Waals surface area contributed by atoms with Crippen LogP contribution in [0.25, 0.3) is 0 Å². The second kappa shape index (κ2) is 38.8. The SMILES string of the molecule is CCCCCCCC/C=C\CCCCCCCCCCCCCC(=O)N[C@@H](CO[C@@H]1O[C@H](CO)[C@@H](O)[C@H](O)[C@H]1O)[C@H](O)/C=C/CCCCCCCCCCCCC. The zero-order valence-electron chi connectivity index (χ0n) is 36.9. The molecule has 9 heteroatoms. The Bertz CT molecular complexity index is 945. The van der Waals surface area contributed by atoms with Gasteiger partial charge in [-0.05, 0) is 44.9 Å². The number of aliphatic hydroxyl groups is 5. The van der Waals surface area contributed by atoms with Gasteiger partial charge in [-0.15, -0.1) is 0 Å². The molecule has 0 aromatic heterocycles. The second-order valence-electron chi connectivity index (χ2n) is 16.9. The molecule has 0 bridgehead atoms. The predicted octanol–water partition coefficient (Wildman–Crippen LogP) is 10.3. The first-order chi connectivity index (χ1) is 27.8. The third kappa shape index (κ3) is 29.5. The van der Waals surface area contributed by atoms with Crippen molar-refractivity contribution in [2.45, 2.75) is 262 Å². The van der Waals surface area contributed by atoms with Gasteiger partial charge < -0.3 is 40.3 Å². The van der Waals surface area contributed by atoms with Crippen LogP contribution >= 0.6 is 0 Å². The topological polar surface area (TPSA) is 149 Å². The largest absolute Gasteiger partial charge is 0.394 e. The van der Waals surface area contributed by atoms with Crippen molar-refractivity contribution in [3.63, 3.8) is 0 Å². The van der Waals surface area contributed by atoms with Gasteiger partial charge in [0, 0.05) is 6.42 Å². The Morgan fingerprint density at radius 2 is 0.982 bits per heavy atom. The van der Waals surface area contributed by atoms with Gasteiger partial charge in [0.1, 0.15) is 24.4 Å². The first kappa shape index (κ1) is 53.7. The number of carbonyl (C=O) groups is 1. The van der Waals surface area contributed by atoms with Crippen molar-refractivity contribution in [1.82, 2.24) is 5.32 Å². The smallest absolute Gasteiger partial charge is 0.220 e. The number of rotatable bonds is 40. The van der Waals surface area contributed by atoms with Gasteiger partial charge in [0.2, 0.25) is 5.91 Å². The highest BCUT2D eigenvalue weighted by Crippen LogP contribution is 2.23. The molecule has 1 aliphatic rings. The summed E-state index contributed by atoms with van der Waals surface area (Å²) in [5, 5.41) is 54.2. The molecule has 1 rings (SSSR count). The molecule has 0 aliphatic carbocycles. The molecule has 7 atom stereocenters. The molecule has 1 heterocycles. The van der Waals surface area contributed by atoms with Gasteiger partial charge >= 0.3 is 0 Å². The van der Waals surface area contributed by atoms with Gasteiger partial charge in [-0.2, -0.15) is 0 Å². The van der Waals surface area contributed by atoms with Crippen LogP contribution in [0, 0.1) is 0 Å². The molecule has 0 aromatic rings. The number of aliphatic hydroxyl groups excluding tert-OH is 5. The van der Waals surface area contributed by atoms with Crippen molar-refractivity contribution in [3.8, 4) is 0 Å². The van der Waals surface area contributed by atoms with Gasteiger partial charge in [-0.3, -0.25) is 4.79 Å². The van der Waals surface area contributed by atoms with E-state index >= 15 is 0 Å². The highest BCUT2D eigenvalue weighted by atomic mass is 16.7. The molecule has 336 valence electrons. The molecule has 0 radical (unpaired) electrons. The summed E-state index contributed by atoms with van der Waals surface area (Å²) in [6.45, 7) is 3.77. The van der Waals surface area contributed by atoms with Crippen LogP contribution in [0.5, 0.6) is 0 Å². The van der Waals surface area contributed by atoms with E-state index in [0.29, 0.717) is 6.42 Å². The Morgan fingerprint density at radius 3 is 1.42 bits per heavy atom. The third-order valence-electron chi connectivity index (χ3n) is 11.5. The summed E-state index contributed by atoms with van der Waals surface area (Å²) >= 11 is 0. The number of amides is 1. The van der Waals surface area contributed by atoms with Crippen LogP contribution in [0.3, 0.4) is 0 Å². The van der Waals surface area contributed by atoms with E-state index in [1.54, 1.807) is 6.08 Å². The van der Waals surface area contributed by atoms with Crippen molar-refractivity contribution < 1.29 is 39.8 Å². The lowest BCUT2D eigenvalue weighted by Crippen LogP contribution is -2.60. The van der Waals surface area contributed by atoms with E-state index < -0.39 is 49.5 Å². The summed E-state index contributed by atoms with van der Waals surface area (Å²) in [6.07, 6.45) is 39.3. The highest BCUT2D eigenvalue weighted by molar-refractivity contribution is 5.76. The van der Waals surface area contributed by atoms with Gasteiger partial charge in [0.05, 0.1) is 25.4 Å². The minimum atomic E-state index is -1.56. The minimum absolute atomic E-state index is 0.177. The molecule has 1 saturated heterocycles. The van der Waals surface area contributed by atoms with E-state index in [0.717, 1.165) is 38.5 Å². The summed E-state index contributed by atoms with van der Waals surface area (Å²) in [7, 11) is 0. The Morgan fingerprint density at radius 1 is 0.579 bits per heavy atom. The number of unbranched alkanes of at least 4 members (excludes halogenated alkanes) is 28. The molecule has 0 aromatic carbocycles. The lowest BCUT2D eigenvalue weighted by Gasteiger charge is -2.40. The fourth-order valence-electron chi connectivity index (χ4n) is 7.62. The first-order valence-corrected chi connectivity index (χ1v) is 24.1. The van der Waals surface area contributed by atoms with E-state index in [-0.39, 0.29) is 12.5 Å². The molecule has 57 heavy (non-hydrogen) atoms. The third-order valence-corrected chi connectivity index (χ3v) is 11.5. The van der Waals surface area contributed by atoms with Crippen LogP contribution in [-0.4, -0.2) is 87.5 Å². The van der Waals surface area contributed by atoms with Crippen LogP contribution in [0.2, 0.25) is 0 Å². The minimum Gasteiger partial charge on any atom is -0.394 e. The Labute approximate surface area is 349 Å². The normalized spacial score (nSPS) is 21.1. The number of hydrogen-bond donors (Lipinski definition) is 6. The van der Waals surface area contributed by atoms with Crippen LogP contribution in [0.4, 0.5) is 0 Å². The van der Waals surface area contributed by atoms with Crippen LogP contribution in [0.1, 0.15) is 219 Å². The molecule has 0 saturated carbocycles. The van der Waals surface area contributed by atoms with Crippen LogP contribution < -0.4 is 5.32 Å². The average Bonchev–Trinajstić information content (AvgIpc) is 3.21. The first-order valence-electron chi connectivity index (χ1n) is 24.1. The number of carbonyl (C=O) groups excluding carboxylic acids is 1. The van der Waals surface area contributed by atoms with Gasteiger partial charge in [0.25, 0.3) is 0 Å². The summed E-state index contributed by atoms with van der Waals surface area (Å²) in [5.74, 6) is -0.177. The lowest BCUT2D eigenvalue weighted by atomic mass is 9.99. The molecule has 1 fully saturated rings. The maximum Gasteiger partial charge on any atom is 0.220 e. The molecular weight excluding hydrogens is 719 g/mol. The number of hydrogen-bond acceptors (Lipinski definition) is 8. The molecule has 6 N–H and O–H groups in total. The fraction of sp³-hybridized carbons (Fsp3) is 0.896. The van der Waals surface area contributed by atoms with E-state index in [2.05, 4.69) is 31.3 Å². The molecular formula is C48H91NO8. The summed E-state index contributed by atoms with van der Waals surface area (Å²) in [5.41, 5.74) is 0. The number of allylic oxidation sites excluding steroid dienone is 3. The molecule has 0 unspecified atom stereocenters. The lowest BCUT2D eigenvalue weighted by molar-refractivity contribution is -0.302. The molecule has 0 spiro atoms. The average molecular weight is 810 g/mol. The summed E-state index contributed by atoms with van der Waals surface area (Å²) in [6, 6.07) is -0.801. The van der Waals surface area contributed by atoms with Gasteiger partial charge in [-0.1, -0.05) is 192 Å². The zero-order valence-corrected chi connectivity index (χ0v) is 36.9. The number of ether oxygens (including phenoxy) is 2. The fourth-order valence-corrected chi connectivity index (χ4v) is 7.62. The van der Waals surface area contributed by atoms with Crippen molar-refractivity contribution >= 4 is 5.91 Å². The monoisotopic (exact) mass is 810 g/mol. The van der Waals surface area contributed by atoms with Crippen molar-refractivity contribution in [3.05, 3.63) is 24.3 Å². The standard InChI is InChI=1S/C48H91NO8/c1-3-5-7-9-11-13-15-17-18-19-20-21-22-23-24-26-28-30-32-34-36-38-44(52)49-41(40-56-48-47(55)46(54)45(53)43(39-50)57-48)42(51)37-35-33-31-29-27-25-16-14-12-10-8-6-4-2/h17-18,35,37,41-43,45-48,50-51,53-55H,3-16,19-34,36,38-40H2,1-2H3,(H,49,52)/b18-17-,37-35+/t41-,42+,43+,45+,46-,47+,48+/m0/s1. The maximum atomic E-state index is 13.0. The zero-order chi connectivity index (χ0) is 41.6. The van der Waals surface area contributed by atoms with E-state index in [1.165, 1.54) is 161 Å². The predicted molar refractivity (Wildman–Crippen MR) is 235 cm³/mol. The van der Waals surface area contributed by atoms with Crippen LogP contribution in [0.15, 0.2) is 24.3 Å². The van der Waals surface area contributed by atoms with E-state index in [1.807, 2.05) is 6.08 Å². The van der Waals surface area contributed by atoms with Crippen molar-refractivity contribution in [2.24, 2.45) is 0 Å². The second-order valence-corrected chi connectivity index (χ2v) is 16.9. The quantitative estimate of drug-likeness (QED) is 0.0265. The Balaban J connectivity index is 2.29.